The van der Waals surface area contributed by atoms with Crippen molar-refractivity contribution < 1.29 is 19.1 Å². The van der Waals surface area contributed by atoms with Gasteiger partial charge in [-0.2, -0.15) is 0 Å². The molecule has 0 amide bonds. The third-order valence-corrected chi connectivity index (χ3v) is 1.89. The Hall–Kier alpha value is -2.33. The number of nitrogens with one attached hydrogen (secondary N) is 2. The fourth-order valence-corrected chi connectivity index (χ4v) is 0.976. The van der Waals surface area contributed by atoms with Gasteiger partial charge in [0.25, 0.3) is 0 Å². The topological polar surface area (TPSA) is 81.0 Å². The molecule has 0 aromatic carbocycles. The maximum Gasteiger partial charge on any atom is 0.330 e. The van der Waals surface area contributed by atoms with E-state index in [9.17, 15) is 9.59 Å². The number of nitrogens with zero attached hydrogens (tertiary/aromatic N) is 1. The molecular weight excluding hydrogens is 262 g/mol. The van der Waals surface area contributed by atoms with Crippen LogP contribution in [0.4, 0.5) is 0 Å². The van der Waals surface area contributed by atoms with Gasteiger partial charge in [0.2, 0.25) is 0 Å². The summed E-state index contributed by atoms with van der Waals surface area (Å²) in [4.78, 5) is 25.2. The summed E-state index contributed by atoms with van der Waals surface area (Å²) in [5, 5.41) is 3.05. The van der Waals surface area contributed by atoms with E-state index in [1.54, 1.807) is 0 Å². The molecule has 0 radical (unpaired) electrons. The molecule has 0 aliphatic rings. The normalized spacial score (nSPS) is 8.80. The maximum absolute atomic E-state index is 10.7. The van der Waals surface area contributed by atoms with E-state index >= 15 is 0 Å². The van der Waals surface area contributed by atoms with Crippen LogP contribution in [-0.2, 0) is 19.1 Å². The molecule has 110 valence electrons. The predicted molar refractivity (Wildman–Crippen MR) is 75.0 cm³/mol. The zero-order valence-corrected chi connectivity index (χ0v) is 11.4. The van der Waals surface area contributed by atoms with E-state index in [1.165, 1.54) is 0 Å². The average Bonchev–Trinajstić information content (AvgIpc) is 2.47. The Morgan fingerprint density at radius 3 is 2.25 bits per heavy atom. The van der Waals surface area contributed by atoms with Gasteiger partial charge >= 0.3 is 18.0 Å². The molecule has 7 heteroatoms. The van der Waals surface area contributed by atoms with Crippen molar-refractivity contribution in [2.45, 2.75) is 6.42 Å². The van der Waals surface area contributed by atoms with Gasteiger partial charge in [-0.3, -0.25) is 0 Å². The summed E-state index contributed by atoms with van der Waals surface area (Å²) in [7, 11) is 0. The summed E-state index contributed by atoms with van der Waals surface area (Å²) < 4.78 is 9.49. The van der Waals surface area contributed by atoms with Crippen molar-refractivity contribution in [3.8, 4) is 6.07 Å². The van der Waals surface area contributed by atoms with Crippen LogP contribution in [0, 0.1) is 6.07 Å². The standard InChI is InChI=1S/C13H20N3O4/c1-3-12(17)19-10-8-14-6-5-7-15-16-9-11-20-13(18)4-2/h3-4,14,16H,1-2,5-6,8-11H2/q+1. The Labute approximate surface area is 118 Å². The lowest BCUT2D eigenvalue weighted by Crippen LogP contribution is -2.21. The van der Waals surface area contributed by atoms with E-state index < -0.39 is 11.9 Å². The number of rotatable bonds is 10. The van der Waals surface area contributed by atoms with Crippen LogP contribution in [-0.4, -0.2) is 44.8 Å². The minimum atomic E-state index is -0.457. The molecule has 0 saturated heterocycles. The molecule has 0 atom stereocenters. The molecule has 0 rings (SSSR count). The molecule has 0 bridgehead atoms. The second kappa shape index (κ2) is 13.1. The molecule has 0 aromatic heterocycles. The minimum Gasteiger partial charge on any atom is -0.461 e. The largest absolute Gasteiger partial charge is 0.461 e. The number of carbonyl (C=O) groups is 2. The molecule has 0 aliphatic carbocycles. The van der Waals surface area contributed by atoms with Gasteiger partial charge in [0.1, 0.15) is 19.8 Å². The third kappa shape index (κ3) is 12.1. The number of esters is 2. The van der Waals surface area contributed by atoms with Crippen molar-refractivity contribution in [3.05, 3.63) is 30.3 Å². The van der Waals surface area contributed by atoms with Gasteiger partial charge in [0.15, 0.2) is 0 Å². The minimum absolute atomic E-state index is 0.225. The SMILES string of the molecule is C=CC(=O)OCCNCCC#[N+]NCCOC(=O)C=C. The van der Waals surface area contributed by atoms with Crippen LogP contribution < -0.4 is 10.7 Å². The van der Waals surface area contributed by atoms with E-state index in [2.05, 4.69) is 34.9 Å². The molecule has 0 spiro atoms. The zero-order chi connectivity index (χ0) is 15.1. The first-order valence-electron chi connectivity index (χ1n) is 6.15. The fraction of sp³-hybridized carbons (Fsp3) is 0.462. The highest BCUT2D eigenvalue weighted by Gasteiger charge is 1.97. The molecule has 0 unspecified atom stereocenters. The van der Waals surface area contributed by atoms with Crippen LogP contribution >= 0.6 is 0 Å². The van der Waals surface area contributed by atoms with Crippen LogP contribution in [0.2, 0.25) is 0 Å². The summed E-state index contributed by atoms with van der Waals surface area (Å²) >= 11 is 0. The quantitative estimate of drug-likeness (QED) is 0.259. The van der Waals surface area contributed by atoms with Gasteiger partial charge in [-0.15, -0.1) is 0 Å². The number of hydrogen-bond donors (Lipinski definition) is 2. The molecule has 7 nitrogen and oxygen atoms in total. The van der Waals surface area contributed by atoms with E-state index in [4.69, 9.17) is 9.47 Å². The lowest BCUT2D eigenvalue weighted by molar-refractivity contribution is -0.138. The Morgan fingerprint density at radius 2 is 1.65 bits per heavy atom. The molecule has 0 heterocycles. The van der Waals surface area contributed by atoms with Crippen LogP contribution in [0.15, 0.2) is 25.3 Å². The Bertz CT molecular complexity index is 385. The molecule has 20 heavy (non-hydrogen) atoms. The number of hydrogen-bond acceptors (Lipinski definition) is 6. The zero-order valence-electron chi connectivity index (χ0n) is 11.4. The van der Waals surface area contributed by atoms with E-state index in [-0.39, 0.29) is 6.61 Å². The predicted octanol–water partition coefficient (Wildman–Crippen LogP) is 0.262. The van der Waals surface area contributed by atoms with Crippen molar-refractivity contribution >= 4 is 11.9 Å². The highest BCUT2D eigenvalue weighted by molar-refractivity contribution is 5.81. The molecule has 0 aliphatic heterocycles. The number of ether oxygens (including phenoxy) is 2. The van der Waals surface area contributed by atoms with E-state index in [0.717, 1.165) is 12.2 Å². The third-order valence-electron chi connectivity index (χ3n) is 1.89. The lowest BCUT2D eigenvalue weighted by Gasteiger charge is -2.01. The Morgan fingerprint density at radius 1 is 1.05 bits per heavy atom. The second-order valence-corrected chi connectivity index (χ2v) is 3.42. The summed E-state index contributed by atoms with van der Waals surface area (Å²) in [5.41, 5.74) is 2.68. The first-order valence-corrected chi connectivity index (χ1v) is 6.15. The van der Waals surface area contributed by atoms with Crippen LogP contribution in [0.25, 0.3) is 4.95 Å². The van der Waals surface area contributed by atoms with Gasteiger partial charge in [0, 0.05) is 25.2 Å². The van der Waals surface area contributed by atoms with Crippen molar-refractivity contribution in [3.63, 3.8) is 0 Å². The first kappa shape index (κ1) is 17.7. The lowest BCUT2D eigenvalue weighted by atomic mass is 10.4. The highest BCUT2D eigenvalue weighted by atomic mass is 16.5. The van der Waals surface area contributed by atoms with Gasteiger partial charge in [0.05, 0.1) is 11.4 Å². The summed E-state index contributed by atoms with van der Waals surface area (Å²) in [6, 6.07) is 2.77. The van der Waals surface area contributed by atoms with Crippen molar-refractivity contribution in [2.75, 3.05) is 32.8 Å². The van der Waals surface area contributed by atoms with Crippen LogP contribution in [0.5, 0.6) is 0 Å². The molecule has 0 saturated carbocycles. The monoisotopic (exact) mass is 282 g/mol. The summed E-state index contributed by atoms with van der Waals surface area (Å²) in [5.74, 6) is -0.887. The second-order valence-electron chi connectivity index (χ2n) is 3.42. The van der Waals surface area contributed by atoms with Crippen LogP contribution in [0.1, 0.15) is 6.42 Å². The average molecular weight is 282 g/mol. The van der Waals surface area contributed by atoms with E-state index in [0.29, 0.717) is 32.7 Å². The number of carbonyl (C=O) groups excluding carboxylic acids is 2. The van der Waals surface area contributed by atoms with Crippen molar-refractivity contribution in [1.29, 1.82) is 0 Å². The fourth-order valence-electron chi connectivity index (χ4n) is 0.976. The molecule has 0 fully saturated rings. The van der Waals surface area contributed by atoms with Gasteiger partial charge in [-0.1, -0.05) is 18.6 Å². The van der Waals surface area contributed by atoms with Crippen molar-refractivity contribution in [1.82, 2.24) is 10.7 Å². The first-order chi connectivity index (χ1) is 9.70. The van der Waals surface area contributed by atoms with Gasteiger partial charge < -0.3 is 14.8 Å². The molecule has 0 aromatic rings. The van der Waals surface area contributed by atoms with Crippen LogP contribution in [0.3, 0.4) is 0 Å². The summed E-state index contributed by atoms with van der Waals surface area (Å²) in [6.45, 7) is 8.73. The molecular formula is C13H20N3O4+. The maximum atomic E-state index is 10.7. The smallest absolute Gasteiger partial charge is 0.330 e. The Kier molecular flexibility index (Phi) is 11.6. The molecule has 2 N–H and O–H groups in total. The van der Waals surface area contributed by atoms with E-state index in [1.807, 2.05) is 0 Å². The van der Waals surface area contributed by atoms with Gasteiger partial charge in [-0.05, 0) is 0 Å². The summed E-state index contributed by atoms with van der Waals surface area (Å²) in [6.07, 6.45) is 2.83. The Balaban J connectivity index is 3.29. The van der Waals surface area contributed by atoms with Gasteiger partial charge in [-0.25, -0.2) is 9.59 Å². The highest BCUT2D eigenvalue weighted by Crippen LogP contribution is 1.79. The van der Waals surface area contributed by atoms with Crippen molar-refractivity contribution in [2.24, 2.45) is 0 Å².